The van der Waals surface area contributed by atoms with Gasteiger partial charge in [0.05, 0.1) is 6.54 Å². The van der Waals surface area contributed by atoms with Gasteiger partial charge in [-0.25, -0.2) is 0 Å². The fourth-order valence-corrected chi connectivity index (χ4v) is 2.39. The maximum absolute atomic E-state index is 12.1. The SMILES string of the molecule is CCCNC(=O)c1ccc(NCC(=O)Nc2ccc(NC(=O)C(C)C)cc2)cc1. The smallest absolute Gasteiger partial charge is 0.251 e. The Balaban J connectivity index is 1.80. The van der Waals surface area contributed by atoms with Crippen molar-refractivity contribution in [3.05, 3.63) is 54.1 Å². The molecule has 0 saturated carbocycles. The lowest BCUT2D eigenvalue weighted by Gasteiger charge is -2.10. The van der Waals surface area contributed by atoms with Crippen molar-refractivity contribution in [1.82, 2.24) is 5.32 Å². The van der Waals surface area contributed by atoms with E-state index in [1.807, 2.05) is 20.8 Å². The average molecular weight is 396 g/mol. The van der Waals surface area contributed by atoms with Crippen LogP contribution >= 0.6 is 0 Å². The Bertz CT molecular complexity index is 830. The number of carbonyl (C=O) groups is 3. The third-order valence-electron chi connectivity index (χ3n) is 4.10. The molecule has 0 unspecified atom stereocenters. The van der Waals surface area contributed by atoms with Gasteiger partial charge in [-0.05, 0) is 55.0 Å². The summed E-state index contributed by atoms with van der Waals surface area (Å²) in [6.07, 6.45) is 0.885. The molecule has 0 heterocycles. The summed E-state index contributed by atoms with van der Waals surface area (Å²) in [5, 5.41) is 11.4. The lowest BCUT2D eigenvalue weighted by molar-refractivity contribution is -0.119. The summed E-state index contributed by atoms with van der Waals surface area (Å²) in [6.45, 7) is 6.38. The van der Waals surface area contributed by atoms with Gasteiger partial charge < -0.3 is 21.3 Å². The van der Waals surface area contributed by atoms with Crippen molar-refractivity contribution >= 4 is 34.8 Å². The summed E-state index contributed by atoms with van der Waals surface area (Å²) in [6, 6.07) is 13.9. The zero-order valence-corrected chi connectivity index (χ0v) is 17.0. The standard InChI is InChI=1S/C22H28N4O3/c1-4-13-23-22(29)16-5-7-17(8-6-16)24-14-20(27)25-18-9-11-19(12-10-18)26-21(28)15(2)3/h5-12,15,24H,4,13-14H2,1-3H3,(H,23,29)(H,25,27)(H,26,28). The van der Waals surface area contributed by atoms with Crippen LogP contribution in [0, 0.1) is 5.92 Å². The van der Waals surface area contributed by atoms with E-state index in [2.05, 4.69) is 21.3 Å². The van der Waals surface area contributed by atoms with Crippen molar-refractivity contribution in [2.45, 2.75) is 27.2 Å². The maximum Gasteiger partial charge on any atom is 0.251 e. The van der Waals surface area contributed by atoms with Crippen molar-refractivity contribution in [1.29, 1.82) is 0 Å². The van der Waals surface area contributed by atoms with Gasteiger partial charge in [-0.1, -0.05) is 20.8 Å². The van der Waals surface area contributed by atoms with Crippen molar-refractivity contribution in [2.24, 2.45) is 5.92 Å². The van der Waals surface area contributed by atoms with E-state index in [4.69, 9.17) is 0 Å². The predicted molar refractivity (Wildman–Crippen MR) is 116 cm³/mol. The Morgan fingerprint density at radius 2 is 1.38 bits per heavy atom. The Morgan fingerprint density at radius 1 is 0.828 bits per heavy atom. The van der Waals surface area contributed by atoms with E-state index in [0.717, 1.165) is 12.1 Å². The minimum Gasteiger partial charge on any atom is -0.376 e. The summed E-state index contributed by atoms with van der Waals surface area (Å²) in [5.41, 5.74) is 2.65. The molecule has 7 heteroatoms. The van der Waals surface area contributed by atoms with Crippen LogP contribution in [0.5, 0.6) is 0 Å². The fraction of sp³-hybridized carbons (Fsp3) is 0.318. The lowest BCUT2D eigenvalue weighted by atomic mass is 10.2. The summed E-state index contributed by atoms with van der Waals surface area (Å²) < 4.78 is 0. The highest BCUT2D eigenvalue weighted by Crippen LogP contribution is 2.15. The molecule has 0 radical (unpaired) electrons. The largest absolute Gasteiger partial charge is 0.376 e. The zero-order chi connectivity index (χ0) is 21.2. The number of amides is 3. The van der Waals surface area contributed by atoms with Gasteiger partial charge in [-0.15, -0.1) is 0 Å². The summed E-state index contributed by atoms with van der Waals surface area (Å²) in [5.74, 6) is -0.460. The highest BCUT2D eigenvalue weighted by Gasteiger charge is 2.08. The molecule has 0 spiro atoms. The first-order valence-electron chi connectivity index (χ1n) is 9.72. The number of carbonyl (C=O) groups excluding carboxylic acids is 3. The van der Waals surface area contributed by atoms with Crippen LogP contribution in [0.15, 0.2) is 48.5 Å². The van der Waals surface area contributed by atoms with E-state index in [9.17, 15) is 14.4 Å². The van der Waals surface area contributed by atoms with Gasteiger partial charge in [-0.3, -0.25) is 14.4 Å². The number of anilines is 3. The van der Waals surface area contributed by atoms with Crippen LogP contribution in [0.25, 0.3) is 0 Å². The summed E-state index contributed by atoms with van der Waals surface area (Å²) >= 11 is 0. The number of benzene rings is 2. The Morgan fingerprint density at radius 3 is 1.93 bits per heavy atom. The van der Waals surface area contributed by atoms with E-state index in [-0.39, 0.29) is 30.2 Å². The molecule has 2 aromatic rings. The third kappa shape index (κ3) is 7.29. The second kappa shape index (κ2) is 10.8. The molecule has 0 saturated heterocycles. The molecule has 0 atom stereocenters. The highest BCUT2D eigenvalue weighted by molar-refractivity contribution is 5.96. The van der Waals surface area contributed by atoms with Gasteiger partial charge in [0.25, 0.3) is 5.91 Å². The van der Waals surface area contributed by atoms with E-state index >= 15 is 0 Å². The Labute approximate surface area is 171 Å². The van der Waals surface area contributed by atoms with Crippen LogP contribution in [-0.2, 0) is 9.59 Å². The number of hydrogen-bond donors (Lipinski definition) is 4. The zero-order valence-electron chi connectivity index (χ0n) is 17.0. The van der Waals surface area contributed by atoms with Gasteiger partial charge >= 0.3 is 0 Å². The van der Waals surface area contributed by atoms with Gasteiger partial charge in [0.2, 0.25) is 11.8 Å². The van der Waals surface area contributed by atoms with Crippen LogP contribution in [0.2, 0.25) is 0 Å². The minimum absolute atomic E-state index is 0.0557. The Kier molecular flexibility index (Phi) is 8.21. The summed E-state index contributed by atoms with van der Waals surface area (Å²) in [7, 11) is 0. The number of hydrogen-bond acceptors (Lipinski definition) is 4. The van der Waals surface area contributed by atoms with Crippen LogP contribution in [0.3, 0.4) is 0 Å². The topological polar surface area (TPSA) is 99.3 Å². The summed E-state index contributed by atoms with van der Waals surface area (Å²) in [4.78, 5) is 35.7. The van der Waals surface area contributed by atoms with Crippen LogP contribution < -0.4 is 21.3 Å². The van der Waals surface area contributed by atoms with Crippen molar-refractivity contribution < 1.29 is 14.4 Å². The van der Waals surface area contributed by atoms with Gasteiger partial charge in [0.1, 0.15) is 0 Å². The van der Waals surface area contributed by atoms with Crippen LogP contribution in [0.1, 0.15) is 37.6 Å². The maximum atomic E-state index is 12.1. The van der Waals surface area contributed by atoms with E-state index in [0.29, 0.717) is 23.5 Å². The molecule has 154 valence electrons. The average Bonchev–Trinajstić information content (AvgIpc) is 2.72. The van der Waals surface area contributed by atoms with Gasteiger partial charge in [0, 0.05) is 35.1 Å². The first-order valence-corrected chi connectivity index (χ1v) is 9.72. The Hall–Kier alpha value is -3.35. The molecule has 0 bridgehead atoms. The lowest BCUT2D eigenvalue weighted by Crippen LogP contribution is -2.24. The molecule has 3 amide bonds. The second-order valence-corrected chi connectivity index (χ2v) is 6.96. The molecular weight excluding hydrogens is 368 g/mol. The highest BCUT2D eigenvalue weighted by atomic mass is 16.2. The second-order valence-electron chi connectivity index (χ2n) is 6.96. The molecule has 7 nitrogen and oxygen atoms in total. The first kappa shape index (κ1) is 21.9. The predicted octanol–water partition coefficient (Wildman–Crippen LogP) is 3.47. The number of rotatable bonds is 9. The van der Waals surface area contributed by atoms with Crippen molar-refractivity contribution in [3.63, 3.8) is 0 Å². The van der Waals surface area contributed by atoms with E-state index < -0.39 is 0 Å². The van der Waals surface area contributed by atoms with Crippen molar-refractivity contribution in [3.8, 4) is 0 Å². The molecule has 0 aliphatic carbocycles. The van der Waals surface area contributed by atoms with E-state index in [1.54, 1.807) is 48.5 Å². The molecule has 0 aromatic heterocycles. The molecule has 29 heavy (non-hydrogen) atoms. The normalized spacial score (nSPS) is 10.3. The molecule has 2 rings (SSSR count). The first-order chi connectivity index (χ1) is 13.9. The fourth-order valence-electron chi connectivity index (χ4n) is 2.39. The molecule has 0 aliphatic rings. The van der Waals surface area contributed by atoms with Gasteiger partial charge in [-0.2, -0.15) is 0 Å². The molecule has 2 aromatic carbocycles. The minimum atomic E-state index is -0.200. The molecule has 0 aliphatic heterocycles. The molecule has 4 N–H and O–H groups in total. The van der Waals surface area contributed by atoms with E-state index in [1.165, 1.54) is 0 Å². The van der Waals surface area contributed by atoms with Gasteiger partial charge in [0.15, 0.2) is 0 Å². The van der Waals surface area contributed by atoms with Crippen LogP contribution in [0.4, 0.5) is 17.1 Å². The molecule has 0 fully saturated rings. The number of nitrogens with one attached hydrogen (secondary N) is 4. The third-order valence-corrected chi connectivity index (χ3v) is 4.10. The van der Waals surface area contributed by atoms with Crippen molar-refractivity contribution in [2.75, 3.05) is 29.0 Å². The quantitative estimate of drug-likeness (QED) is 0.521. The molecular formula is C22H28N4O3. The van der Waals surface area contributed by atoms with Crippen LogP contribution in [-0.4, -0.2) is 30.8 Å². The monoisotopic (exact) mass is 396 g/mol.